The van der Waals surface area contributed by atoms with Gasteiger partial charge in [-0.2, -0.15) is 0 Å². The monoisotopic (exact) mass is 270 g/mol. The van der Waals surface area contributed by atoms with Crippen LogP contribution in [-0.2, 0) is 0 Å². The molecule has 0 spiro atoms. The molecule has 2 rings (SSSR count). The zero-order valence-corrected chi connectivity index (χ0v) is 12.2. The summed E-state index contributed by atoms with van der Waals surface area (Å²) in [6, 6.07) is 1.21. The summed E-state index contributed by atoms with van der Waals surface area (Å²) in [6.07, 6.45) is 7.05. The molecule has 1 heterocycles. The van der Waals surface area contributed by atoms with E-state index in [0.717, 1.165) is 38.5 Å². The van der Waals surface area contributed by atoms with E-state index >= 15 is 0 Å². The Morgan fingerprint density at radius 1 is 1.26 bits per heavy atom. The van der Waals surface area contributed by atoms with Crippen LogP contribution in [0.25, 0.3) is 0 Å². The fourth-order valence-electron chi connectivity index (χ4n) is 3.62. The standard InChI is InChI=1S/C15H30N2O2/c1-12(19)13-9-14(16-7-4-8-18)11-17(10-13)15-5-2-3-6-15/h12-16,18-19H,2-11H2,1H3. The number of hydrogen-bond acceptors (Lipinski definition) is 4. The van der Waals surface area contributed by atoms with Gasteiger partial charge in [-0.05, 0) is 45.1 Å². The average molecular weight is 270 g/mol. The molecule has 19 heavy (non-hydrogen) atoms. The number of piperidine rings is 1. The lowest BCUT2D eigenvalue weighted by molar-refractivity contribution is 0.0299. The first kappa shape index (κ1) is 15.2. The van der Waals surface area contributed by atoms with Crippen molar-refractivity contribution in [2.24, 2.45) is 5.92 Å². The van der Waals surface area contributed by atoms with Crippen LogP contribution in [-0.4, -0.2) is 59.5 Å². The van der Waals surface area contributed by atoms with E-state index in [1.54, 1.807) is 0 Å². The molecule has 1 aliphatic heterocycles. The van der Waals surface area contributed by atoms with E-state index in [9.17, 15) is 5.11 Å². The molecule has 1 saturated heterocycles. The maximum atomic E-state index is 9.93. The molecular weight excluding hydrogens is 240 g/mol. The van der Waals surface area contributed by atoms with Gasteiger partial charge >= 0.3 is 0 Å². The van der Waals surface area contributed by atoms with Crippen molar-refractivity contribution in [3.8, 4) is 0 Å². The second-order valence-corrected chi connectivity index (χ2v) is 6.36. The highest BCUT2D eigenvalue weighted by atomic mass is 16.3. The Morgan fingerprint density at radius 3 is 2.63 bits per heavy atom. The van der Waals surface area contributed by atoms with Crippen LogP contribution in [0.4, 0.5) is 0 Å². The largest absolute Gasteiger partial charge is 0.396 e. The molecular formula is C15H30N2O2. The van der Waals surface area contributed by atoms with Crippen molar-refractivity contribution in [3.63, 3.8) is 0 Å². The number of hydrogen-bond donors (Lipinski definition) is 3. The predicted molar refractivity (Wildman–Crippen MR) is 77.1 cm³/mol. The number of nitrogens with one attached hydrogen (secondary N) is 1. The fourth-order valence-corrected chi connectivity index (χ4v) is 3.62. The van der Waals surface area contributed by atoms with E-state index in [1.165, 1.54) is 25.7 Å². The van der Waals surface area contributed by atoms with Gasteiger partial charge in [-0.25, -0.2) is 0 Å². The topological polar surface area (TPSA) is 55.7 Å². The van der Waals surface area contributed by atoms with Crippen molar-refractivity contribution < 1.29 is 10.2 Å². The van der Waals surface area contributed by atoms with Gasteiger partial charge < -0.3 is 15.5 Å². The van der Waals surface area contributed by atoms with Crippen molar-refractivity contribution >= 4 is 0 Å². The van der Waals surface area contributed by atoms with Gasteiger partial charge in [0.1, 0.15) is 0 Å². The predicted octanol–water partition coefficient (Wildman–Crippen LogP) is 0.972. The first-order chi connectivity index (χ1) is 9.20. The van der Waals surface area contributed by atoms with Crippen molar-refractivity contribution in [1.82, 2.24) is 10.2 Å². The first-order valence-electron chi connectivity index (χ1n) is 7.97. The highest BCUT2D eigenvalue weighted by Gasteiger charge is 2.33. The molecule has 0 bridgehead atoms. The molecule has 3 atom stereocenters. The number of aliphatic hydroxyl groups is 2. The summed E-state index contributed by atoms with van der Waals surface area (Å²) in [5, 5.41) is 22.4. The molecule has 0 amide bonds. The molecule has 4 heteroatoms. The van der Waals surface area contributed by atoms with Crippen LogP contribution in [0.3, 0.4) is 0 Å². The molecule has 3 N–H and O–H groups in total. The lowest BCUT2D eigenvalue weighted by atomic mass is 9.89. The summed E-state index contributed by atoms with van der Waals surface area (Å²) in [5.41, 5.74) is 0. The summed E-state index contributed by atoms with van der Waals surface area (Å²) in [5.74, 6) is 0.390. The smallest absolute Gasteiger partial charge is 0.0553 e. The Morgan fingerprint density at radius 2 is 2.00 bits per heavy atom. The Labute approximate surface area is 117 Å². The van der Waals surface area contributed by atoms with Crippen molar-refractivity contribution in [2.45, 2.75) is 63.6 Å². The SMILES string of the molecule is CC(O)C1CC(NCCCO)CN(C2CCCC2)C1. The minimum absolute atomic E-state index is 0.216. The summed E-state index contributed by atoms with van der Waals surface area (Å²) >= 11 is 0. The van der Waals surface area contributed by atoms with Gasteiger partial charge in [-0.15, -0.1) is 0 Å². The van der Waals surface area contributed by atoms with E-state index in [0.29, 0.717) is 12.0 Å². The zero-order chi connectivity index (χ0) is 13.7. The Bertz CT molecular complexity index is 255. The van der Waals surface area contributed by atoms with Crippen LogP contribution >= 0.6 is 0 Å². The van der Waals surface area contributed by atoms with Crippen molar-refractivity contribution in [2.75, 3.05) is 26.2 Å². The van der Waals surface area contributed by atoms with E-state index < -0.39 is 0 Å². The highest BCUT2D eigenvalue weighted by molar-refractivity contribution is 4.90. The second-order valence-electron chi connectivity index (χ2n) is 6.36. The fraction of sp³-hybridized carbons (Fsp3) is 1.00. The van der Waals surface area contributed by atoms with Crippen LogP contribution in [0, 0.1) is 5.92 Å². The van der Waals surface area contributed by atoms with Gasteiger partial charge in [0.15, 0.2) is 0 Å². The van der Waals surface area contributed by atoms with E-state index in [-0.39, 0.29) is 12.7 Å². The quantitative estimate of drug-likeness (QED) is 0.630. The molecule has 112 valence electrons. The van der Waals surface area contributed by atoms with Crippen LogP contribution in [0.15, 0.2) is 0 Å². The molecule has 1 saturated carbocycles. The summed E-state index contributed by atoms with van der Waals surface area (Å²) < 4.78 is 0. The van der Waals surface area contributed by atoms with Crippen LogP contribution in [0.5, 0.6) is 0 Å². The van der Waals surface area contributed by atoms with Crippen molar-refractivity contribution in [3.05, 3.63) is 0 Å². The minimum atomic E-state index is -0.216. The van der Waals surface area contributed by atoms with Crippen LogP contribution < -0.4 is 5.32 Å². The van der Waals surface area contributed by atoms with E-state index in [4.69, 9.17) is 5.11 Å². The van der Waals surface area contributed by atoms with Gasteiger partial charge in [0, 0.05) is 31.8 Å². The van der Waals surface area contributed by atoms with Gasteiger partial charge in [0.25, 0.3) is 0 Å². The van der Waals surface area contributed by atoms with Gasteiger partial charge in [-0.1, -0.05) is 12.8 Å². The number of rotatable bonds is 6. The lowest BCUT2D eigenvalue weighted by Gasteiger charge is -2.42. The molecule has 0 aromatic carbocycles. The molecule has 2 fully saturated rings. The highest BCUT2D eigenvalue weighted by Crippen LogP contribution is 2.29. The molecule has 3 unspecified atom stereocenters. The molecule has 0 aromatic heterocycles. The maximum Gasteiger partial charge on any atom is 0.0553 e. The molecule has 2 aliphatic rings. The normalized spacial score (nSPS) is 31.7. The van der Waals surface area contributed by atoms with Gasteiger partial charge in [-0.3, -0.25) is 4.90 Å². The van der Waals surface area contributed by atoms with Gasteiger partial charge in [0.2, 0.25) is 0 Å². The Kier molecular flexibility index (Phi) is 6.07. The average Bonchev–Trinajstić information content (AvgIpc) is 2.92. The zero-order valence-electron chi connectivity index (χ0n) is 12.2. The first-order valence-corrected chi connectivity index (χ1v) is 7.97. The van der Waals surface area contributed by atoms with Crippen LogP contribution in [0.1, 0.15) is 45.4 Å². The van der Waals surface area contributed by atoms with Crippen LogP contribution in [0.2, 0.25) is 0 Å². The number of likely N-dealkylation sites (tertiary alicyclic amines) is 1. The molecule has 0 radical (unpaired) electrons. The second kappa shape index (κ2) is 7.58. The summed E-state index contributed by atoms with van der Waals surface area (Å²) in [6.45, 7) is 5.23. The molecule has 1 aliphatic carbocycles. The number of aliphatic hydroxyl groups excluding tert-OH is 2. The third kappa shape index (κ3) is 4.42. The van der Waals surface area contributed by atoms with Gasteiger partial charge in [0.05, 0.1) is 6.10 Å². The maximum absolute atomic E-state index is 9.93. The Balaban J connectivity index is 1.88. The third-order valence-corrected chi connectivity index (χ3v) is 4.80. The third-order valence-electron chi connectivity index (χ3n) is 4.80. The molecule has 0 aromatic rings. The summed E-state index contributed by atoms with van der Waals surface area (Å²) in [4.78, 5) is 2.60. The number of nitrogens with zero attached hydrogens (tertiary/aromatic N) is 1. The minimum Gasteiger partial charge on any atom is -0.396 e. The Hall–Kier alpha value is -0.160. The molecule has 4 nitrogen and oxygen atoms in total. The van der Waals surface area contributed by atoms with Crippen molar-refractivity contribution in [1.29, 1.82) is 0 Å². The lowest BCUT2D eigenvalue weighted by Crippen LogP contribution is -2.54. The van der Waals surface area contributed by atoms with E-state index in [2.05, 4.69) is 10.2 Å². The van der Waals surface area contributed by atoms with E-state index in [1.807, 2.05) is 6.92 Å². The summed E-state index contributed by atoms with van der Waals surface area (Å²) in [7, 11) is 0.